The molecule has 25 heavy (non-hydrogen) atoms. The van der Waals surface area contributed by atoms with Crippen LogP contribution in [0.2, 0.25) is 0 Å². The molecule has 0 radical (unpaired) electrons. The van der Waals surface area contributed by atoms with Gasteiger partial charge in [-0.1, -0.05) is 12.1 Å². The fraction of sp³-hybridized carbons (Fsp3) is 0.350. The average molecular weight is 339 g/mol. The van der Waals surface area contributed by atoms with E-state index >= 15 is 0 Å². The minimum atomic E-state index is -0.0831. The Hall–Kier alpha value is -2.69. The molecule has 0 aliphatic carbocycles. The third-order valence-corrected chi connectivity index (χ3v) is 4.25. The highest BCUT2D eigenvalue weighted by Crippen LogP contribution is 2.24. The molecule has 5 nitrogen and oxygen atoms in total. The number of anilines is 3. The second-order valence-electron chi connectivity index (χ2n) is 6.07. The van der Waals surface area contributed by atoms with Crippen molar-refractivity contribution in [2.75, 3.05) is 41.8 Å². The zero-order chi connectivity index (χ0) is 17.5. The highest BCUT2D eigenvalue weighted by molar-refractivity contribution is 5.94. The molecule has 1 fully saturated rings. The first-order valence-electron chi connectivity index (χ1n) is 8.87. The second kappa shape index (κ2) is 8.42. The van der Waals surface area contributed by atoms with Gasteiger partial charge in [0.2, 0.25) is 5.91 Å². The maximum Gasteiger partial charge on any atom is 0.243 e. The molecular weight excluding hydrogens is 314 g/mol. The van der Waals surface area contributed by atoms with Gasteiger partial charge >= 0.3 is 0 Å². The lowest BCUT2D eigenvalue weighted by atomic mass is 10.2. The van der Waals surface area contributed by atoms with E-state index < -0.39 is 0 Å². The summed E-state index contributed by atoms with van der Waals surface area (Å²) in [6, 6.07) is 15.7. The lowest BCUT2D eigenvalue weighted by Gasteiger charge is -2.18. The molecule has 2 N–H and O–H groups in total. The van der Waals surface area contributed by atoms with Gasteiger partial charge in [-0.15, -0.1) is 0 Å². The number of hydrogen-bond acceptors (Lipinski definition) is 4. The summed E-state index contributed by atoms with van der Waals surface area (Å²) in [5.41, 5.74) is 2.86. The number of carbonyl (C=O) groups is 1. The molecule has 0 saturated carbocycles. The standard InChI is InChI=1S/C20H25N3O2/c1-2-25-19-8-4-3-7-18(19)21-15-20(24)22-16-9-11-17(12-10-16)23-13-5-6-14-23/h3-4,7-12,21H,2,5-6,13-15H2,1H3,(H,22,24). The van der Waals surface area contributed by atoms with Crippen molar-refractivity contribution in [3.05, 3.63) is 48.5 Å². The average Bonchev–Trinajstić information content (AvgIpc) is 3.17. The fourth-order valence-electron chi connectivity index (χ4n) is 3.01. The molecular formula is C20H25N3O2. The summed E-state index contributed by atoms with van der Waals surface area (Å²) in [6.07, 6.45) is 2.51. The molecule has 1 saturated heterocycles. The third-order valence-electron chi connectivity index (χ3n) is 4.25. The van der Waals surface area contributed by atoms with Crippen LogP contribution in [0.1, 0.15) is 19.8 Å². The molecule has 0 bridgehead atoms. The van der Waals surface area contributed by atoms with Crippen LogP contribution in [0.4, 0.5) is 17.1 Å². The van der Waals surface area contributed by atoms with Crippen LogP contribution in [-0.2, 0) is 4.79 Å². The van der Waals surface area contributed by atoms with Crippen molar-refractivity contribution in [3.8, 4) is 5.75 Å². The maximum atomic E-state index is 12.2. The summed E-state index contributed by atoms with van der Waals surface area (Å²) in [7, 11) is 0. The van der Waals surface area contributed by atoms with Gasteiger partial charge in [0.25, 0.3) is 0 Å². The molecule has 2 aromatic carbocycles. The van der Waals surface area contributed by atoms with Crippen LogP contribution in [0.5, 0.6) is 5.75 Å². The number of rotatable bonds is 7. The number of ether oxygens (including phenoxy) is 1. The Bertz CT molecular complexity index is 694. The van der Waals surface area contributed by atoms with Crippen LogP contribution in [-0.4, -0.2) is 32.1 Å². The normalized spacial score (nSPS) is 13.6. The topological polar surface area (TPSA) is 53.6 Å². The van der Waals surface area contributed by atoms with Gasteiger partial charge in [0, 0.05) is 24.5 Å². The fourth-order valence-corrected chi connectivity index (χ4v) is 3.01. The monoisotopic (exact) mass is 339 g/mol. The van der Waals surface area contributed by atoms with Crippen LogP contribution < -0.4 is 20.3 Å². The largest absolute Gasteiger partial charge is 0.492 e. The number of amides is 1. The van der Waals surface area contributed by atoms with E-state index in [1.807, 2.05) is 43.3 Å². The van der Waals surface area contributed by atoms with E-state index in [9.17, 15) is 4.79 Å². The van der Waals surface area contributed by atoms with Crippen molar-refractivity contribution < 1.29 is 9.53 Å². The Kier molecular flexibility index (Phi) is 5.77. The number of para-hydroxylation sites is 2. The Morgan fingerprint density at radius 1 is 1.08 bits per heavy atom. The third kappa shape index (κ3) is 4.66. The molecule has 5 heteroatoms. The Morgan fingerprint density at radius 2 is 1.80 bits per heavy atom. The zero-order valence-electron chi connectivity index (χ0n) is 14.6. The Labute approximate surface area is 149 Å². The second-order valence-corrected chi connectivity index (χ2v) is 6.07. The van der Waals surface area contributed by atoms with E-state index in [0.29, 0.717) is 6.61 Å². The SMILES string of the molecule is CCOc1ccccc1NCC(=O)Nc1ccc(N2CCCC2)cc1. The first kappa shape index (κ1) is 17.1. The molecule has 132 valence electrons. The maximum absolute atomic E-state index is 12.2. The van der Waals surface area contributed by atoms with E-state index in [-0.39, 0.29) is 12.5 Å². The van der Waals surface area contributed by atoms with Gasteiger partial charge in [-0.2, -0.15) is 0 Å². The molecule has 1 aliphatic rings. The first-order chi connectivity index (χ1) is 12.3. The lowest BCUT2D eigenvalue weighted by molar-refractivity contribution is -0.114. The lowest BCUT2D eigenvalue weighted by Crippen LogP contribution is -2.22. The molecule has 1 amide bonds. The van der Waals surface area contributed by atoms with Crippen LogP contribution in [0, 0.1) is 0 Å². The summed E-state index contributed by atoms with van der Waals surface area (Å²) >= 11 is 0. The number of carbonyl (C=O) groups excluding carboxylic acids is 1. The first-order valence-corrected chi connectivity index (χ1v) is 8.87. The van der Waals surface area contributed by atoms with E-state index in [1.54, 1.807) is 0 Å². The van der Waals surface area contributed by atoms with E-state index in [2.05, 4.69) is 27.7 Å². The zero-order valence-corrected chi connectivity index (χ0v) is 14.6. The molecule has 3 rings (SSSR count). The number of nitrogens with one attached hydrogen (secondary N) is 2. The summed E-state index contributed by atoms with van der Waals surface area (Å²) in [5.74, 6) is 0.674. The van der Waals surface area contributed by atoms with Crippen LogP contribution in [0.15, 0.2) is 48.5 Å². The summed E-state index contributed by atoms with van der Waals surface area (Å²) in [5, 5.41) is 6.05. The van der Waals surface area contributed by atoms with Crippen LogP contribution >= 0.6 is 0 Å². The van der Waals surface area contributed by atoms with Crippen LogP contribution in [0.3, 0.4) is 0 Å². The van der Waals surface area contributed by atoms with Gasteiger partial charge in [0.05, 0.1) is 18.8 Å². The number of benzene rings is 2. The predicted octanol–water partition coefficient (Wildman–Crippen LogP) is 3.74. The van der Waals surface area contributed by atoms with Gasteiger partial charge in [-0.05, 0) is 56.2 Å². The van der Waals surface area contributed by atoms with Gasteiger partial charge < -0.3 is 20.3 Å². The van der Waals surface area contributed by atoms with Gasteiger partial charge in [0.15, 0.2) is 0 Å². The minimum Gasteiger partial charge on any atom is -0.492 e. The molecule has 0 unspecified atom stereocenters. The summed E-state index contributed by atoms with van der Waals surface area (Å²) in [6.45, 7) is 4.96. The number of hydrogen-bond donors (Lipinski definition) is 2. The van der Waals surface area contributed by atoms with Crippen molar-refractivity contribution in [2.24, 2.45) is 0 Å². The molecule has 0 spiro atoms. The van der Waals surface area contributed by atoms with Crippen molar-refractivity contribution >= 4 is 23.0 Å². The highest BCUT2D eigenvalue weighted by atomic mass is 16.5. The van der Waals surface area contributed by atoms with Crippen LogP contribution in [0.25, 0.3) is 0 Å². The van der Waals surface area contributed by atoms with Gasteiger partial charge in [-0.3, -0.25) is 4.79 Å². The molecule has 0 atom stereocenters. The summed E-state index contributed by atoms with van der Waals surface area (Å²) < 4.78 is 5.55. The molecule has 0 aromatic heterocycles. The Morgan fingerprint density at radius 3 is 2.52 bits per heavy atom. The van der Waals surface area contributed by atoms with Crippen molar-refractivity contribution in [2.45, 2.75) is 19.8 Å². The van der Waals surface area contributed by atoms with E-state index in [1.165, 1.54) is 18.5 Å². The highest BCUT2D eigenvalue weighted by Gasteiger charge is 2.12. The quantitative estimate of drug-likeness (QED) is 0.807. The van der Waals surface area contributed by atoms with Gasteiger partial charge in [-0.25, -0.2) is 0 Å². The summed E-state index contributed by atoms with van der Waals surface area (Å²) in [4.78, 5) is 14.5. The molecule has 1 heterocycles. The Balaban J connectivity index is 1.52. The van der Waals surface area contributed by atoms with Crippen molar-refractivity contribution in [3.63, 3.8) is 0 Å². The smallest absolute Gasteiger partial charge is 0.243 e. The van der Waals surface area contributed by atoms with Crippen molar-refractivity contribution in [1.82, 2.24) is 0 Å². The number of nitrogens with zero attached hydrogens (tertiary/aromatic N) is 1. The molecule has 2 aromatic rings. The van der Waals surface area contributed by atoms with E-state index in [4.69, 9.17) is 4.74 Å². The predicted molar refractivity (Wildman–Crippen MR) is 103 cm³/mol. The van der Waals surface area contributed by atoms with Crippen molar-refractivity contribution in [1.29, 1.82) is 0 Å². The molecule has 1 aliphatic heterocycles. The van der Waals surface area contributed by atoms with E-state index in [0.717, 1.165) is 30.2 Å². The minimum absolute atomic E-state index is 0.0831. The van der Waals surface area contributed by atoms with Gasteiger partial charge in [0.1, 0.15) is 5.75 Å².